The molecule has 0 amide bonds. The number of carbonyl (C=O) groups is 1. The lowest BCUT2D eigenvalue weighted by atomic mass is 9.98. The van der Waals surface area contributed by atoms with Gasteiger partial charge in [-0.25, -0.2) is 4.79 Å². The number of hydrogen-bond acceptors (Lipinski definition) is 3. The van der Waals surface area contributed by atoms with Gasteiger partial charge in [0.25, 0.3) is 5.56 Å². The van der Waals surface area contributed by atoms with Gasteiger partial charge in [0.1, 0.15) is 5.75 Å². The summed E-state index contributed by atoms with van der Waals surface area (Å²) >= 11 is 5.90. The molecule has 2 aromatic carbocycles. The van der Waals surface area contributed by atoms with E-state index in [1.54, 1.807) is 30.3 Å². The number of ether oxygens (including phenoxy) is 1. The van der Waals surface area contributed by atoms with E-state index in [2.05, 4.69) is 4.98 Å². The van der Waals surface area contributed by atoms with Crippen LogP contribution in [0.15, 0.2) is 47.3 Å². The number of aromatic nitrogens is 1. The molecule has 0 unspecified atom stereocenters. The number of aromatic amines is 1. The number of fused-ring (bicyclic) bond motifs is 1. The van der Waals surface area contributed by atoms with E-state index in [0.717, 1.165) is 11.1 Å². The van der Waals surface area contributed by atoms with E-state index in [-0.39, 0.29) is 5.56 Å². The van der Waals surface area contributed by atoms with E-state index in [0.29, 0.717) is 33.7 Å². The van der Waals surface area contributed by atoms with Crippen LogP contribution in [0.3, 0.4) is 0 Å². The molecular formula is C19H16ClNO4. The van der Waals surface area contributed by atoms with E-state index >= 15 is 0 Å². The Hall–Kier alpha value is -2.79. The number of H-pyrrole nitrogens is 1. The lowest BCUT2D eigenvalue weighted by Crippen LogP contribution is -2.16. The molecule has 0 spiro atoms. The van der Waals surface area contributed by atoms with Crippen molar-refractivity contribution in [2.45, 2.75) is 13.3 Å². The molecule has 0 saturated carbocycles. The minimum absolute atomic E-state index is 0.171. The van der Waals surface area contributed by atoms with Crippen molar-refractivity contribution in [1.29, 1.82) is 0 Å². The number of rotatable bonds is 5. The van der Waals surface area contributed by atoms with Crippen molar-refractivity contribution in [3.8, 4) is 5.75 Å². The number of aryl methyl sites for hydroxylation is 1. The maximum Gasteiger partial charge on any atom is 0.341 e. The third-order valence-corrected chi connectivity index (χ3v) is 4.27. The Morgan fingerprint density at radius 1 is 1.20 bits per heavy atom. The highest BCUT2D eigenvalue weighted by Gasteiger charge is 2.14. The summed E-state index contributed by atoms with van der Waals surface area (Å²) in [4.78, 5) is 26.1. The Morgan fingerprint density at radius 2 is 1.92 bits per heavy atom. The largest absolute Gasteiger partial charge is 0.481 e. The predicted molar refractivity (Wildman–Crippen MR) is 96.7 cm³/mol. The van der Waals surface area contributed by atoms with Gasteiger partial charge >= 0.3 is 5.97 Å². The summed E-state index contributed by atoms with van der Waals surface area (Å²) < 4.78 is 5.38. The fraction of sp³-hybridized carbons (Fsp3) is 0.158. The number of pyridine rings is 1. The first-order valence-corrected chi connectivity index (χ1v) is 8.07. The average molecular weight is 358 g/mol. The van der Waals surface area contributed by atoms with Gasteiger partial charge in [0.05, 0.1) is 5.52 Å². The Morgan fingerprint density at radius 3 is 2.60 bits per heavy atom. The topological polar surface area (TPSA) is 79.4 Å². The van der Waals surface area contributed by atoms with Crippen molar-refractivity contribution in [2.24, 2.45) is 0 Å². The summed E-state index contributed by atoms with van der Waals surface area (Å²) in [5.41, 5.74) is 2.79. The molecule has 25 heavy (non-hydrogen) atoms. The first-order chi connectivity index (χ1) is 12.0. The molecule has 1 aromatic heterocycles. The SMILES string of the molecule is Cc1c(Cc2ccc(Cl)cc2)c(=O)[nH]c2cccc(OCC(=O)O)c12. The number of halogens is 1. The van der Waals surface area contributed by atoms with Gasteiger partial charge in [0.2, 0.25) is 0 Å². The lowest BCUT2D eigenvalue weighted by Gasteiger charge is -2.13. The molecule has 1 heterocycles. The smallest absolute Gasteiger partial charge is 0.341 e. The molecule has 0 aliphatic rings. The zero-order valence-corrected chi connectivity index (χ0v) is 14.3. The molecule has 0 atom stereocenters. The van der Waals surface area contributed by atoms with Crippen molar-refractivity contribution in [1.82, 2.24) is 4.98 Å². The highest BCUT2D eigenvalue weighted by Crippen LogP contribution is 2.29. The number of aliphatic carboxylic acids is 1. The molecule has 128 valence electrons. The molecule has 0 bridgehead atoms. The van der Waals surface area contributed by atoms with Crippen molar-refractivity contribution < 1.29 is 14.6 Å². The molecule has 6 heteroatoms. The Balaban J connectivity index is 2.09. The Kier molecular flexibility index (Phi) is 4.76. The van der Waals surface area contributed by atoms with Crippen LogP contribution in [0.1, 0.15) is 16.7 Å². The highest BCUT2D eigenvalue weighted by atomic mass is 35.5. The molecular weight excluding hydrogens is 342 g/mol. The van der Waals surface area contributed by atoms with E-state index in [1.807, 2.05) is 19.1 Å². The molecule has 0 aliphatic carbocycles. The summed E-state index contributed by atoms with van der Waals surface area (Å²) in [6.45, 7) is 1.40. The third-order valence-electron chi connectivity index (χ3n) is 4.02. The summed E-state index contributed by atoms with van der Waals surface area (Å²) in [5.74, 6) is -0.619. The van der Waals surface area contributed by atoms with Gasteiger partial charge in [-0.15, -0.1) is 0 Å². The van der Waals surface area contributed by atoms with Crippen molar-refractivity contribution in [3.05, 3.63) is 74.5 Å². The Labute approximate surface area is 148 Å². The second kappa shape index (κ2) is 6.99. The van der Waals surface area contributed by atoms with E-state index < -0.39 is 12.6 Å². The van der Waals surface area contributed by atoms with Crippen LogP contribution in [0.25, 0.3) is 10.9 Å². The quantitative estimate of drug-likeness (QED) is 0.732. The summed E-state index contributed by atoms with van der Waals surface area (Å²) in [7, 11) is 0. The lowest BCUT2D eigenvalue weighted by molar-refractivity contribution is -0.139. The second-order valence-corrected chi connectivity index (χ2v) is 6.16. The molecule has 3 aromatic rings. The molecule has 0 fully saturated rings. The fourth-order valence-corrected chi connectivity index (χ4v) is 2.95. The molecule has 0 saturated heterocycles. The van der Waals surface area contributed by atoms with Crippen molar-refractivity contribution in [2.75, 3.05) is 6.61 Å². The minimum atomic E-state index is -1.06. The van der Waals surface area contributed by atoms with Gasteiger partial charge in [0, 0.05) is 22.4 Å². The van der Waals surface area contributed by atoms with Crippen LogP contribution < -0.4 is 10.3 Å². The van der Waals surface area contributed by atoms with Crippen LogP contribution >= 0.6 is 11.6 Å². The van der Waals surface area contributed by atoms with Crippen LogP contribution in [-0.2, 0) is 11.2 Å². The molecule has 3 rings (SSSR count). The zero-order chi connectivity index (χ0) is 18.0. The van der Waals surface area contributed by atoms with Crippen LogP contribution in [-0.4, -0.2) is 22.7 Å². The predicted octanol–water partition coefficient (Wildman–Crippen LogP) is 3.54. The van der Waals surface area contributed by atoms with E-state index in [1.165, 1.54) is 0 Å². The van der Waals surface area contributed by atoms with Crippen LogP contribution in [0, 0.1) is 6.92 Å². The van der Waals surface area contributed by atoms with Gasteiger partial charge in [-0.1, -0.05) is 29.8 Å². The average Bonchev–Trinajstić information content (AvgIpc) is 2.58. The van der Waals surface area contributed by atoms with Gasteiger partial charge < -0.3 is 14.8 Å². The monoisotopic (exact) mass is 357 g/mol. The minimum Gasteiger partial charge on any atom is -0.481 e. The second-order valence-electron chi connectivity index (χ2n) is 5.72. The number of benzene rings is 2. The van der Waals surface area contributed by atoms with Gasteiger partial charge in [0.15, 0.2) is 6.61 Å². The summed E-state index contributed by atoms with van der Waals surface area (Å²) in [5, 5.41) is 10.2. The van der Waals surface area contributed by atoms with Crippen LogP contribution in [0.2, 0.25) is 5.02 Å². The summed E-state index contributed by atoms with van der Waals surface area (Å²) in [6.07, 6.45) is 0.446. The molecule has 0 aliphatic heterocycles. The summed E-state index contributed by atoms with van der Waals surface area (Å²) in [6, 6.07) is 12.5. The number of hydrogen-bond donors (Lipinski definition) is 2. The standard InChI is InChI=1S/C19H16ClNO4/c1-11-14(9-12-5-7-13(20)8-6-12)19(24)21-15-3-2-4-16(18(11)15)25-10-17(22)23/h2-8H,9-10H2,1H3,(H,21,24)(H,22,23). The molecule has 2 N–H and O–H groups in total. The number of nitrogens with one attached hydrogen (secondary N) is 1. The normalized spacial score (nSPS) is 10.8. The van der Waals surface area contributed by atoms with E-state index in [4.69, 9.17) is 21.4 Å². The van der Waals surface area contributed by atoms with Crippen LogP contribution in [0.5, 0.6) is 5.75 Å². The van der Waals surface area contributed by atoms with Gasteiger partial charge in [-0.2, -0.15) is 0 Å². The Bertz CT molecular complexity index is 993. The third kappa shape index (κ3) is 3.67. The number of carboxylic acid groups (broad SMARTS) is 1. The fourth-order valence-electron chi connectivity index (χ4n) is 2.82. The number of carboxylic acids is 1. The molecule has 5 nitrogen and oxygen atoms in total. The van der Waals surface area contributed by atoms with Crippen molar-refractivity contribution in [3.63, 3.8) is 0 Å². The maximum absolute atomic E-state index is 12.5. The first kappa shape index (κ1) is 17.0. The van der Waals surface area contributed by atoms with E-state index in [9.17, 15) is 9.59 Å². The van der Waals surface area contributed by atoms with Crippen LogP contribution in [0.4, 0.5) is 0 Å². The first-order valence-electron chi connectivity index (χ1n) is 7.69. The maximum atomic E-state index is 12.5. The van der Waals surface area contributed by atoms with Gasteiger partial charge in [-0.3, -0.25) is 4.79 Å². The van der Waals surface area contributed by atoms with Crippen molar-refractivity contribution >= 4 is 28.5 Å². The highest BCUT2D eigenvalue weighted by molar-refractivity contribution is 6.30. The van der Waals surface area contributed by atoms with Gasteiger partial charge in [-0.05, 0) is 42.3 Å². The molecule has 0 radical (unpaired) electrons. The zero-order valence-electron chi connectivity index (χ0n) is 13.5.